The van der Waals surface area contributed by atoms with Crippen LogP contribution in [0.4, 0.5) is 14.5 Å². The molecule has 1 fully saturated rings. The van der Waals surface area contributed by atoms with E-state index < -0.39 is 11.6 Å². The smallest absolute Gasteiger partial charge is 0.128 e. The Hall–Kier alpha value is -1.16. The molecule has 2 unspecified atom stereocenters. The van der Waals surface area contributed by atoms with Crippen molar-refractivity contribution in [3.05, 3.63) is 29.8 Å². The van der Waals surface area contributed by atoms with E-state index in [-0.39, 0.29) is 6.04 Å². The van der Waals surface area contributed by atoms with Gasteiger partial charge in [0.1, 0.15) is 11.6 Å². The molecule has 0 aromatic heterocycles. The van der Waals surface area contributed by atoms with E-state index >= 15 is 0 Å². The number of halogens is 2. The Kier molecular flexibility index (Phi) is 4.40. The SMILES string of the molecule is CC(C)CC1CN(c2cc(F)cc(F)c2)C(C)CN1. The van der Waals surface area contributed by atoms with Gasteiger partial charge in [-0.15, -0.1) is 0 Å². The normalized spacial score (nSPS) is 24.0. The van der Waals surface area contributed by atoms with Crippen molar-refractivity contribution in [2.45, 2.75) is 39.3 Å². The molecule has 19 heavy (non-hydrogen) atoms. The average Bonchev–Trinajstić information content (AvgIpc) is 2.29. The Balaban J connectivity index is 2.16. The summed E-state index contributed by atoms with van der Waals surface area (Å²) in [4.78, 5) is 2.09. The van der Waals surface area contributed by atoms with E-state index in [1.165, 1.54) is 12.1 Å². The van der Waals surface area contributed by atoms with Gasteiger partial charge in [0.25, 0.3) is 0 Å². The van der Waals surface area contributed by atoms with Crippen LogP contribution in [0.1, 0.15) is 27.2 Å². The maximum absolute atomic E-state index is 13.3. The van der Waals surface area contributed by atoms with Crippen LogP contribution in [0.3, 0.4) is 0 Å². The van der Waals surface area contributed by atoms with E-state index in [0.717, 1.165) is 25.6 Å². The van der Waals surface area contributed by atoms with E-state index in [1.807, 2.05) is 0 Å². The van der Waals surface area contributed by atoms with Gasteiger partial charge in [0.15, 0.2) is 0 Å². The summed E-state index contributed by atoms with van der Waals surface area (Å²) in [7, 11) is 0. The van der Waals surface area contributed by atoms with E-state index in [9.17, 15) is 8.78 Å². The maximum atomic E-state index is 13.3. The van der Waals surface area contributed by atoms with Crippen LogP contribution >= 0.6 is 0 Å². The van der Waals surface area contributed by atoms with Gasteiger partial charge in [-0.1, -0.05) is 13.8 Å². The molecule has 4 heteroatoms. The first kappa shape index (κ1) is 14.3. The quantitative estimate of drug-likeness (QED) is 0.905. The second-order valence-corrected chi connectivity index (χ2v) is 5.86. The lowest BCUT2D eigenvalue weighted by Gasteiger charge is -2.41. The van der Waals surface area contributed by atoms with Gasteiger partial charge in [0, 0.05) is 36.9 Å². The van der Waals surface area contributed by atoms with E-state index in [1.54, 1.807) is 0 Å². The predicted octanol–water partition coefficient (Wildman–Crippen LogP) is 3.18. The summed E-state index contributed by atoms with van der Waals surface area (Å²) in [6.07, 6.45) is 1.07. The van der Waals surface area contributed by atoms with Gasteiger partial charge < -0.3 is 10.2 Å². The molecular weight excluding hydrogens is 246 g/mol. The second-order valence-electron chi connectivity index (χ2n) is 5.86. The third-order valence-corrected chi connectivity index (χ3v) is 3.59. The van der Waals surface area contributed by atoms with Crippen molar-refractivity contribution in [1.82, 2.24) is 5.32 Å². The molecule has 2 rings (SSSR count). The zero-order valence-corrected chi connectivity index (χ0v) is 11.8. The topological polar surface area (TPSA) is 15.3 Å². The molecule has 0 saturated carbocycles. The number of nitrogens with one attached hydrogen (secondary N) is 1. The molecule has 0 amide bonds. The third kappa shape index (κ3) is 3.66. The van der Waals surface area contributed by atoms with Crippen molar-refractivity contribution in [2.24, 2.45) is 5.92 Å². The molecule has 1 aromatic rings. The molecule has 1 aliphatic rings. The van der Waals surface area contributed by atoms with Gasteiger partial charge in [-0.05, 0) is 31.4 Å². The fraction of sp³-hybridized carbons (Fsp3) is 0.600. The summed E-state index contributed by atoms with van der Waals surface area (Å²) in [5, 5.41) is 3.50. The number of rotatable bonds is 3. The van der Waals surface area contributed by atoms with Gasteiger partial charge in [-0.25, -0.2) is 8.78 Å². The highest BCUT2D eigenvalue weighted by molar-refractivity contribution is 5.48. The first-order valence-electron chi connectivity index (χ1n) is 6.92. The van der Waals surface area contributed by atoms with Crippen molar-refractivity contribution >= 4 is 5.69 Å². The van der Waals surface area contributed by atoms with Gasteiger partial charge in [-0.3, -0.25) is 0 Å². The number of anilines is 1. The summed E-state index contributed by atoms with van der Waals surface area (Å²) in [6.45, 7) is 8.08. The van der Waals surface area contributed by atoms with Crippen molar-refractivity contribution < 1.29 is 8.78 Å². The highest BCUT2D eigenvalue weighted by Crippen LogP contribution is 2.23. The largest absolute Gasteiger partial charge is 0.366 e. The Labute approximate surface area is 113 Å². The molecule has 1 aromatic carbocycles. The highest BCUT2D eigenvalue weighted by Gasteiger charge is 2.26. The molecule has 0 bridgehead atoms. The lowest BCUT2D eigenvalue weighted by atomic mass is 9.99. The van der Waals surface area contributed by atoms with Crippen LogP contribution in [0.25, 0.3) is 0 Å². The Morgan fingerprint density at radius 1 is 1.26 bits per heavy atom. The number of hydrogen-bond acceptors (Lipinski definition) is 2. The lowest BCUT2D eigenvalue weighted by molar-refractivity contribution is 0.355. The molecule has 1 saturated heterocycles. The summed E-state index contributed by atoms with van der Waals surface area (Å²) < 4.78 is 26.7. The monoisotopic (exact) mass is 268 g/mol. The molecule has 0 spiro atoms. The van der Waals surface area contributed by atoms with Gasteiger partial charge >= 0.3 is 0 Å². The van der Waals surface area contributed by atoms with Crippen molar-refractivity contribution in [1.29, 1.82) is 0 Å². The first-order chi connectivity index (χ1) is 8.95. The standard InChI is InChI=1S/C15H22F2N2/c1-10(2)4-14-9-19(11(3)8-18-14)15-6-12(16)5-13(17)7-15/h5-7,10-11,14,18H,4,8-9H2,1-3H3. The molecule has 0 radical (unpaired) electrons. The first-order valence-corrected chi connectivity index (χ1v) is 6.92. The second kappa shape index (κ2) is 5.87. The van der Waals surface area contributed by atoms with Crippen LogP contribution < -0.4 is 10.2 Å². The zero-order valence-electron chi connectivity index (χ0n) is 11.8. The molecule has 2 nitrogen and oxygen atoms in total. The lowest BCUT2D eigenvalue weighted by Crippen LogP contribution is -2.56. The van der Waals surface area contributed by atoms with E-state index in [4.69, 9.17) is 0 Å². The van der Waals surface area contributed by atoms with Crippen LogP contribution in [0.2, 0.25) is 0 Å². The van der Waals surface area contributed by atoms with E-state index in [2.05, 4.69) is 31.0 Å². The van der Waals surface area contributed by atoms with Crippen LogP contribution in [0.5, 0.6) is 0 Å². The molecule has 0 aliphatic carbocycles. The summed E-state index contributed by atoms with van der Waals surface area (Å²) >= 11 is 0. The zero-order chi connectivity index (χ0) is 14.0. The number of hydrogen-bond donors (Lipinski definition) is 1. The van der Waals surface area contributed by atoms with Crippen LogP contribution in [-0.2, 0) is 0 Å². The molecule has 2 atom stereocenters. The van der Waals surface area contributed by atoms with E-state index in [0.29, 0.717) is 17.6 Å². The number of benzene rings is 1. The van der Waals surface area contributed by atoms with Gasteiger partial charge in [0.05, 0.1) is 0 Å². The predicted molar refractivity (Wildman–Crippen MR) is 74.4 cm³/mol. The number of nitrogens with zero attached hydrogens (tertiary/aromatic N) is 1. The van der Waals surface area contributed by atoms with Crippen LogP contribution in [0.15, 0.2) is 18.2 Å². The highest BCUT2D eigenvalue weighted by atomic mass is 19.1. The number of piperazine rings is 1. The fourth-order valence-electron chi connectivity index (χ4n) is 2.72. The molecule has 1 N–H and O–H groups in total. The Bertz CT molecular complexity index is 414. The minimum Gasteiger partial charge on any atom is -0.366 e. The van der Waals surface area contributed by atoms with Gasteiger partial charge in [-0.2, -0.15) is 0 Å². The fourth-order valence-corrected chi connectivity index (χ4v) is 2.72. The third-order valence-electron chi connectivity index (χ3n) is 3.59. The summed E-state index contributed by atoms with van der Waals surface area (Å²) in [5.41, 5.74) is 0.639. The molecule has 106 valence electrons. The minimum absolute atomic E-state index is 0.240. The minimum atomic E-state index is -0.513. The van der Waals surface area contributed by atoms with Crippen molar-refractivity contribution in [3.63, 3.8) is 0 Å². The van der Waals surface area contributed by atoms with Crippen LogP contribution in [-0.4, -0.2) is 25.2 Å². The molecule has 1 heterocycles. The van der Waals surface area contributed by atoms with Crippen LogP contribution in [0, 0.1) is 17.6 Å². The summed E-state index contributed by atoms with van der Waals surface area (Å²) in [6, 6.07) is 4.36. The molecule has 1 aliphatic heterocycles. The Morgan fingerprint density at radius 3 is 2.47 bits per heavy atom. The maximum Gasteiger partial charge on any atom is 0.128 e. The molecular formula is C15H22F2N2. The summed E-state index contributed by atoms with van der Waals surface area (Å²) in [5.74, 6) is -0.417. The Morgan fingerprint density at radius 2 is 1.89 bits per heavy atom. The van der Waals surface area contributed by atoms with Gasteiger partial charge in [0.2, 0.25) is 0 Å². The average molecular weight is 268 g/mol. The van der Waals surface area contributed by atoms with Crippen molar-refractivity contribution in [2.75, 3.05) is 18.0 Å². The van der Waals surface area contributed by atoms with Crippen molar-refractivity contribution in [3.8, 4) is 0 Å².